The Labute approximate surface area is 157 Å². The highest BCUT2D eigenvalue weighted by atomic mass is 19.2. The van der Waals surface area contributed by atoms with E-state index in [0.717, 1.165) is 18.8 Å². The van der Waals surface area contributed by atoms with Crippen LogP contribution in [0.3, 0.4) is 0 Å². The maximum absolute atomic E-state index is 14.1. The van der Waals surface area contributed by atoms with Gasteiger partial charge in [0, 0.05) is 5.92 Å². The highest BCUT2D eigenvalue weighted by Crippen LogP contribution is 2.32. The minimum absolute atomic E-state index is 0.0463. The van der Waals surface area contributed by atoms with E-state index in [9.17, 15) is 8.78 Å². The van der Waals surface area contributed by atoms with Crippen molar-refractivity contribution in [1.82, 2.24) is 0 Å². The molecule has 144 valence electrons. The van der Waals surface area contributed by atoms with Crippen molar-refractivity contribution in [3.63, 3.8) is 0 Å². The fraction of sp³-hybridized carbons (Fsp3) is 0.652. The molecule has 0 amide bonds. The Kier molecular flexibility index (Phi) is 8.95. The number of hydrogen-bond donors (Lipinski definition) is 0. The van der Waals surface area contributed by atoms with E-state index >= 15 is 0 Å². The number of benzene rings is 1. The first-order valence-electron chi connectivity index (χ1n) is 10.3. The van der Waals surface area contributed by atoms with E-state index in [4.69, 9.17) is 4.74 Å². The van der Waals surface area contributed by atoms with Gasteiger partial charge in [0.2, 0.25) is 5.82 Å². The van der Waals surface area contributed by atoms with Crippen LogP contribution in [0, 0.1) is 35.3 Å². The molecular weight excluding hydrogens is 330 g/mol. The van der Waals surface area contributed by atoms with Crippen LogP contribution in [0.1, 0.15) is 83.6 Å². The van der Waals surface area contributed by atoms with Crippen molar-refractivity contribution in [2.24, 2.45) is 11.8 Å². The number of hydrogen-bond acceptors (Lipinski definition) is 1. The van der Waals surface area contributed by atoms with Crippen LogP contribution in [0.4, 0.5) is 8.78 Å². The van der Waals surface area contributed by atoms with Gasteiger partial charge in [-0.3, -0.25) is 0 Å². The third kappa shape index (κ3) is 6.31. The van der Waals surface area contributed by atoms with E-state index in [1.165, 1.54) is 63.5 Å². The Hall–Kier alpha value is -1.56. The average molecular weight is 363 g/mol. The molecule has 1 aliphatic rings. The summed E-state index contributed by atoms with van der Waals surface area (Å²) >= 11 is 0. The molecule has 3 heteroatoms. The predicted octanol–water partition coefficient (Wildman–Crippen LogP) is 6.88. The van der Waals surface area contributed by atoms with Crippen LogP contribution >= 0.6 is 0 Å². The van der Waals surface area contributed by atoms with Crippen molar-refractivity contribution in [3.8, 4) is 17.6 Å². The largest absolute Gasteiger partial charge is 0.491 e. The van der Waals surface area contributed by atoms with Crippen LogP contribution < -0.4 is 4.74 Å². The Balaban J connectivity index is 1.80. The van der Waals surface area contributed by atoms with Gasteiger partial charge in [-0.2, -0.15) is 4.39 Å². The zero-order valence-electron chi connectivity index (χ0n) is 16.3. The summed E-state index contributed by atoms with van der Waals surface area (Å²) in [5, 5.41) is 0. The number of ether oxygens (including phenoxy) is 1. The summed E-state index contributed by atoms with van der Waals surface area (Å²) in [6.07, 6.45) is 12.6. The molecule has 1 fully saturated rings. The molecule has 0 heterocycles. The molecule has 1 saturated carbocycles. The maximum atomic E-state index is 14.1. The number of halogens is 2. The highest BCUT2D eigenvalue weighted by molar-refractivity contribution is 5.41. The maximum Gasteiger partial charge on any atom is 0.201 e. The Morgan fingerprint density at radius 1 is 0.962 bits per heavy atom. The molecule has 0 aromatic heterocycles. The minimum atomic E-state index is -0.939. The number of unbranched alkanes of at least 4 members (excludes halogenated alkanes) is 4. The molecule has 1 aromatic rings. The van der Waals surface area contributed by atoms with Crippen molar-refractivity contribution in [2.45, 2.75) is 78.1 Å². The van der Waals surface area contributed by atoms with Crippen molar-refractivity contribution in [3.05, 3.63) is 29.3 Å². The second-order valence-electron chi connectivity index (χ2n) is 7.36. The molecule has 0 N–H and O–H groups in total. The van der Waals surface area contributed by atoms with E-state index in [1.807, 2.05) is 0 Å². The van der Waals surface area contributed by atoms with Gasteiger partial charge in [0.25, 0.3) is 0 Å². The zero-order chi connectivity index (χ0) is 18.8. The molecule has 26 heavy (non-hydrogen) atoms. The lowest BCUT2D eigenvalue weighted by Crippen LogP contribution is -2.13. The van der Waals surface area contributed by atoms with Crippen LogP contribution in [-0.4, -0.2) is 6.61 Å². The molecule has 1 nitrogen and oxygen atoms in total. The molecule has 1 aromatic carbocycles. The quantitative estimate of drug-likeness (QED) is 0.362. The first-order chi connectivity index (χ1) is 12.7. The van der Waals surface area contributed by atoms with Crippen LogP contribution in [0.2, 0.25) is 0 Å². The van der Waals surface area contributed by atoms with Crippen LogP contribution in [0.25, 0.3) is 0 Å². The second kappa shape index (κ2) is 11.2. The lowest BCUT2D eigenvalue weighted by atomic mass is 9.80. The summed E-state index contributed by atoms with van der Waals surface area (Å²) in [5.41, 5.74) is 0.129. The van der Waals surface area contributed by atoms with Gasteiger partial charge in [-0.1, -0.05) is 57.3 Å². The third-order valence-electron chi connectivity index (χ3n) is 5.32. The van der Waals surface area contributed by atoms with E-state index < -0.39 is 11.6 Å². The molecule has 0 aliphatic heterocycles. The monoisotopic (exact) mass is 362 g/mol. The predicted molar refractivity (Wildman–Crippen MR) is 103 cm³/mol. The van der Waals surface area contributed by atoms with Gasteiger partial charge in [-0.05, 0) is 50.7 Å². The molecular formula is C23H32F2O. The van der Waals surface area contributed by atoms with Crippen LogP contribution in [0.5, 0.6) is 5.75 Å². The lowest BCUT2D eigenvalue weighted by Gasteiger charge is -2.25. The molecule has 0 spiro atoms. The third-order valence-corrected chi connectivity index (χ3v) is 5.32. The summed E-state index contributed by atoms with van der Waals surface area (Å²) in [6.45, 7) is 4.30. The molecule has 0 saturated heterocycles. The summed E-state index contributed by atoms with van der Waals surface area (Å²) in [6, 6.07) is 2.97. The average Bonchev–Trinajstić information content (AvgIpc) is 2.66. The van der Waals surface area contributed by atoms with Gasteiger partial charge in [0.05, 0.1) is 12.2 Å². The van der Waals surface area contributed by atoms with Gasteiger partial charge in [-0.25, -0.2) is 4.39 Å². The normalized spacial score (nSPS) is 19.7. The van der Waals surface area contributed by atoms with Gasteiger partial charge >= 0.3 is 0 Å². The molecule has 0 radical (unpaired) electrons. The number of rotatable bonds is 8. The molecule has 0 atom stereocenters. The summed E-state index contributed by atoms with van der Waals surface area (Å²) in [5.74, 6) is 5.27. The summed E-state index contributed by atoms with van der Waals surface area (Å²) in [4.78, 5) is 0. The van der Waals surface area contributed by atoms with Crippen molar-refractivity contribution < 1.29 is 13.5 Å². The Morgan fingerprint density at radius 2 is 1.69 bits per heavy atom. The second-order valence-corrected chi connectivity index (χ2v) is 7.36. The first kappa shape index (κ1) is 20.7. The smallest absolute Gasteiger partial charge is 0.201 e. The van der Waals surface area contributed by atoms with Crippen molar-refractivity contribution in [1.29, 1.82) is 0 Å². The van der Waals surface area contributed by atoms with Gasteiger partial charge in [-0.15, -0.1) is 0 Å². The Morgan fingerprint density at radius 3 is 2.38 bits per heavy atom. The first-order valence-corrected chi connectivity index (χ1v) is 10.3. The van der Waals surface area contributed by atoms with Crippen LogP contribution in [0.15, 0.2) is 12.1 Å². The van der Waals surface area contributed by atoms with Gasteiger partial charge in [0.15, 0.2) is 11.6 Å². The van der Waals surface area contributed by atoms with Crippen molar-refractivity contribution >= 4 is 0 Å². The molecule has 2 rings (SSSR count). The topological polar surface area (TPSA) is 9.23 Å². The standard InChI is InChI=1S/C23H32F2O/c1-3-5-6-7-8-9-18-10-12-19(13-11-18)14-15-20-16-17-21(26-4-2)23(25)22(20)24/h16-19H,3-13H2,1-2H3. The SMILES string of the molecule is CCCCCCCC1CCC(C#Cc2ccc(OCC)c(F)c2F)CC1. The highest BCUT2D eigenvalue weighted by Gasteiger charge is 2.19. The zero-order valence-corrected chi connectivity index (χ0v) is 16.3. The van der Waals surface area contributed by atoms with E-state index in [0.29, 0.717) is 12.5 Å². The van der Waals surface area contributed by atoms with Gasteiger partial charge in [0.1, 0.15) is 0 Å². The Bertz CT molecular complexity index is 607. The molecule has 0 bridgehead atoms. The van der Waals surface area contributed by atoms with E-state index in [2.05, 4.69) is 18.8 Å². The van der Waals surface area contributed by atoms with Crippen LogP contribution in [-0.2, 0) is 0 Å². The summed E-state index contributed by atoms with van der Waals surface area (Å²) in [7, 11) is 0. The molecule has 0 unspecified atom stereocenters. The van der Waals surface area contributed by atoms with E-state index in [1.54, 1.807) is 6.92 Å². The lowest BCUT2D eigenvalue weighted by molar-refractivity contribution is 0.294. The van der Waals surface area contributed by atoms with Gasteiger partial charge < -0.3 is 4.74 Å². The summed E-state index contributed by atoms with van der Waals surface area (Å²) < 4.78 is 33.0. The molecule has 1 aliphatic carbocycles. The van der Waals surface area contributed by atoms with Crippen molar-refractivity contribution in [2.75, 3.05) is 6.61 Å². The minimum Gasteiger partial charge on any atom is -0.491 e. The fourth-order valence-corrected chi connectivity index (χ4v) is 3.71. The fourth-order valence-electron chi connectivity index (χ4n) is 3.71. The van der Waals surface area contributed by atoms with E-state index in [-0.39, 0.29) is 11.3 Å².